The Labute approximate surface area is 183 Å². The van der Waals surface area contributed by atoms with Gasteiger partial charge in [-0.1, -0.05) is 26.0 Å². The molecule has 0 spiro atoms. The summed E-state index contributed by atoms with van der Waals surface area (Å²) in [5.74, 6) is 1.98. The number of ether oxygens (including phenoxy) is 1. The lowest BCUT2D eigenvalue weighted by Gasteiger charge is -2.16. The third kappa shape index (κ3) is 4.88. The number of fused-ring (bicyclic) bond motifs is 1. The Bertz CT molecular complexity index is 895. The standard InChI is InChI=1S/C24H33NO4S/c1-13(2)18-8-20-16(5)30-23(21(20)9-18)24(28)25-10-17-6-14(3)22(15(4)7-17)29-12-19(27)11-26/h6-7,13,18-19,26-27H,8-12H2,1-5H3,(H,25,28)/t18-,19+/m0/s1. The monoisotopic (exact) mass is 431 g/mol. The molecule has 1 aromatic carbocycles. The molecule has 0 saturated carbocycles. The van der Waals surface area contributed by atoms with Crippen molar-refractivity contribution in [3.63, 3.8) is 0 Å². The zero-order chi connectivity index (χ0) is 22.0. The molecule has 1 aliphatic rings. The summed E-state index contributed by atoms with van der Waals surface area (Å²) in [7, 11) is 0. The first kappa shape index (κ1) is 22.8. The van der Waals surface area contributed by atoms with E-state index in [-0.39, 0.29) is 19.1 Å². The van der Waals surface area contributed by atoms with Crippen LogP contribution in [0.4, 0.5) is 0 Å². The van der Waals surface area contributed by atoms with Gasteiger partial charge < -0.3 is 20.3 Å². The molecule has 1 heterocycles. The minimum atomic E-state index is -0.894. The van der Waals surface area contributed by atoms with Crippen LogP contribution in [0, 0.1) is 32.6 Å². The van der Waals surface area contributed by atoms with Gasteiger partial charge in [-0.2, -0.15) is 0 Å². The van der Waals surface area contributed by atoms with E-state index in [4.69, 9.17) is 9.84 Å². The van der Waals surface area contributed by atoms with Gasteiger partial charge in [0.1, 0.15) is 18.5 Å². The van der Waals surface area contributed by atoms with Crippen LogP contribution in [0.1, 0.15) is 56.2 Å². The SMILES string of the molecule is Cc1cc(CNC(=O)c2sc(C)c3c2C[C@@H](C(C)C)C3)cc(C)c1OC[C@H](O)CO. The lowest BCUT2D eigenvalue weighted by atomic mass is 9.93. The summed E-state index contributed by atoms with van der Waals surface area (Å²) in [5, 5.41) is 21.5. The third-order valence-electron chi connectivity index (χ3n) is 6.00. The molecule has 1 aliphatic carbocycles. The smallest absolute Gasteiger partial charge is 0.261 e. The molecule has 5 nitrogen and oxygen atoms in total. The zero-order valence-electron chi connectivity index (χ0n) is 18.5. The van der Waals surface area contributed by atoms with Crippen LogP contribution in [0.15, 0.2) is 12.1 Å². The van der Waals surface area contributed by atoms with Crippen LogP contribution in [-0.2, 0) is 19.4 Å². The van der Waals surface area contributed by atoms with Crippen LogP contribution in [0.2, 0.25) is 0 Å². The van der Waals surface area contributed by atoms with Crippen molar-refractivity contribution in [3.05, 3.63) is 49.7 Å². The maximum atomic E-state index is 12.9. The second-order valence-corrected chi connectivity index (χ2v) is 9.97. The molecule has 0 fully saturated rings. The van der Waals surface area contributed by atoms with Crippen molar-refractivity contribution in [1.29, 1.82) is 0 Å². The molecule has 1 amide bonds. The molecule has 1 aromatic heterocycles. The fourth-order valence-electron chi connectivity index (χ4n) is 4.22. The third-order valence-corrected chi connectivity index (χ3v) is 7.19. The summed E-state index contributed by atoms with van der Waals surface area (Å²) < 4.78 is 5.66. The molecule has 6 heteroatoms. The van der Waals surface area contributed by atoms with Crippen molar-refractivity contribution in [2.24, 2.45) is 11.8 Å². The molecule has 0 aliphatic heterocycles. The van der Waals surface area contributed by atoms with Gasteiger partial charge in [0.25, 0.3) is 5.91 Å². The van der Waals surface area contributed by atoms with Gasteiger partial charge >= 0.3 is 0 Å². The van der Waals surface area contributed by atoms with Crippen LogP contribution >= 0.6 is 11.3 Å². The zero-order valence-corrected chi connectivity index (χ0v) is 19.4. The number of carbonyl (C=O) groups is 1. The van der Waals surface area contributed by atoms with Crippen LogP contribution < -0.4 is 10.1 Å². The largest absolute Gasteiger partial charge is 0.490 e. The molecule has 0 radical (unpaired) electrons. The highest BCUT2D eigenvalue weighted by molar-refractivity contribution is 7.14. The molecule has 0 bridgehead atoms. The number of aliphatic hydroxyl groups excluding tert-OH is 2. The van der Waals surface area contributed by atoms with Crippen LogP contribution in [0.5, 0.6) is 5.75 Å². The maximum Gasteiger partial charge on any atom is 0.261 e. The lowest BCUT2D eigenvalue weighted by Crippen LogP contribution is -2.23. The first-order chi connectivity index (χ1) is 14.2. The highest BCUT2D eigenvalue weighted by Crippen LogP contribution is 2.40. The minimum absolute atomic E-state index is 0.00968. The Morgan fingerprint density at radius 1 is 1.20 bits per heavy atom. The maximum absolute atomic E-state index is 12.9. The highest BCUT2D eigenvalue weighted by atomic mass is 32.1. The summed E-state index contributed by atoms with van der Waals surface area (Å²) in [6.45, 7) is 10.7. The quantitative estimate of drug-likeness (QED) is 0.595. The molecular weight excluding hydrogens is 398 g/mol. The molecule has 0 saturated heterocycles. The predicted octanol–water partition coefficient (Wildman–Crippen LogP) is 3.71. The first-order valence-corrected chi connectivity index (χ1v) is 11.4. The fourth-order valence-corrected chi connectivity index (χ4v) is 5.36. The Morgan fingerprint density at radius 3 is 2.43 bits per heavy atom. The minimum Gasteiger partial charge on any atom is -0.490 e. The molecule has 0 unspecified atom stereocenters. The summed E-state index contributed by atoms with van der Waals surface area (Å²) >= 11 is 1.62. The number of nitrogens with one attached hydrogen (secondary N) is 1. The summed E-state index contributed by atoms with van der Waals surface area (Å²) in [6.07, 6.45) is 1.20. The highest BCUT2D eigenvalue weighted by Gasteiger charge is 2.31. The number of hydrogen-bond donors (Lipinski definition) is 3. The van der Waals surface area contributed by atoms with Crippen LogP contribution in [0.3, 0.4) is 0 Å². The van der Waals surface area contributed by atoms with Gasteiger partial charge in [0.2, 0.25) is 0 Å². The van der Waals surface area contributed by atoms with Crippen molar-refractivity contribution >= 4 is 17.2 Å². The van der Waals surface area contributed by atoms with Gasteiger partial charge in [0.05, 0.1) is 11.5 Å². The van der Waals surface area contributed by atoms with E-state index < -0.39 is 6.10 Å². The van der Waals surface area contributed by atoms with Gasteiger partial charge in [-0.25, -0.2) is 0 Å². The van der Waals surface area contributed by atoms with Crippen LogP contribution in [-0.4, -0.2) is 35.4 Å². The van der Waals surface area contributed by atoms with E-state index in [0.717, 1.165) is 34.4 Å². The number of carbonyl (C=O) groups excluding carboxylic acids is 1. The second kappa shape index (κ2) is 9.50. The average molecular weight is 432 g/mol. The van der Waals surface area contributed by atoms with Crippen molar-refractivity contribution in [2.75, 3.05) is 13.2 Å². The molecule has 30 heavy (non-hydrogen) atoms. The van der Waals surface area contributed by atoms with Crippen molar-refractivity contribution < 1.29 is 19.7 Å². The fraction of sp³-hybridized carbons (Fsp3) is 0.542. The van der Waals surface area contributed by atoms with Gasteiger partial charge in [-0.15, -0.1) is 11.3 Å². The van der Waals surface area contributed by atoms with E-state index in [0.29, 0.717) is 24.1 Å². The number of aryl methyl sites for hydroxylation is 3. The number of hydrogen-bond acceptors (Lipinski definition) is 5. The Hall–Kier alpha value is -1.89. The number of aliphatic hydroxyl groups is 2. The molecular formula is C24H33NO4S. The van der Waals surface area contributed by atoms with Crippen molar-refractivity contribution in [1.82, 2.24) is 5.32 Å². The van der Waals surface area contributed by atoms with Gasteiger partial charge in [0, 0.05) is 11.4 Å². The number of rotatable bonds is 8. The molecule has 164 valence electrons. The van der Waals surface area contributed by atoms with Crippen molar-refractivity contribution in [3.8, 4) is 5.75 Å². The van der Waals surface area contributed by atoms with Gasteiger partial charge in [-0.3, -0.25) is 4.79 Å². The van der Waals surface area contributed by atoms with Crippen molar-refractivity contribution in [2.45, 2.75) is 60.1 Å². The number of amides is 1. The van der Waals surface area contributed by atoms with E-state index in [9.17, 15) is 9.90 Å². The Morgan fingerprint density at radius 2 is 1.83 bits per heavy atom. The summed E-state index contributed by atoms with van der Waals surface area (Å²) in [6, 6.07) is 3.99. The summed E-state index contributed by atoms with van der Waals surface area (Å²) in [5.41, 5.74) is 5.54. The first-order valence-electron chi connectivity index (χ1n) is 10.6. The second-order valence-electron chi connectivity index (χ2n) is 8.75. The van der Waals surface area contributed by atoms with E-state index >= 15 is 0 Å². The van der Waals surface area contributed by atoms with E-state index in [1.54, 1.807) is 11.3 Å². The number of benzene rings is 1. The topological polar surface area (TPSA) is 78.8 Å². The predicted molar refractivity (Wildman–Crippen MR) is 120 cm³/mol. The van der Waals surface area contributed by atoms with E-state index in [1.165, 1.54) is 16.0 Å². The normalized spacial score (nSPS) is 16.6. The molecule has 3 N–H and O–H groups in total. The Balaban J connectivity index is 1.67. The summed E-state index contributed by atoms with van der Waals surface area (Å²) in [4.78, 5) is 15.1. The molecule has 2 atom stereocenters. The van der Waals surface area contributed by atoms with Gasteiger partial charge in [-0.05, 0) is 73.3 Å². The Kier molecular flexibility index (Phi) is 7.22. The lowest BCUT2D eigenvalue weighted by molar-refractivity contribution is 0.0531. The average Bonchev–Trinajstić information content (AvgIpc) is 3.26. The number of thiophene rings is 1. The van der Waals surface area contributed by atoms with E-state index in [2.05, 4.69) is 26.1 Å². The molecule has 3 rings (SSSR count). The van der Waals surface area contributed by atoms with Gasteiger partial charge in [0.15, 0.2) is 0 Å². The van der Waals surface area contributed by atoms with Crippen LogP contribution in [0.25, 0.3) is 0 Å². The molecule has 2 aromatic rings. The van der Waals surface area contributed by atoms with E-state index in [1.807, 2.05) is 26.0 Å².